The molecule has 0 bridgehead atoms. The van der Waals surface area contributed by atoms with Gasteiger partial charge in [-0.1, -0.05) is 19.1 Å². The third-order valence-electron chi connectivity index (χ3n) is 2.41. The minimum absolute atomic E-state index is 0.236. The zero-order valence-electron chi connectivity index (χ0n) is 9.93. The molecule has 2 N–H and O–H groups in total. The first-order valence-electron chi connectivity index (χ1n) is 5.29. The van der Waals surface area contributed by atoms with E-state index in [-0.39, 0.29) is 12.0 Å². The second-order valence-corrected chi connectivity index (χ2v) is 3.85. The monoisotopic (exact) mass is 222 g/mol. The third-order valence-corrected chi connectivity index (χ3v) is 2.41. The van der Waals surface area contributed by atoms with Crippen molar-refractivity contribution in [3.05, 3.63) is 24.3 Å². The molecule has 0 aliphatic heterocycles. The lowest BCUT2D eigenvalue weighted by atomic mass is 10.2. The summed E-state index contributed by atoms with van der Waals surface area (Å²) < 4.78 is 5.25. The number of ether oxygens (including phenoxy) is 1. The maximum Gasteiger partial charge on any atom is 0.328 e. The number of likely N-dealkylation sites (N-methyl/N-ethyl adjacent to an activating group) is 1. The van der Waals surface area contributed by atoms with Crippen molar-refractivity contribution < 1.29 is 9.53 Å². The van der Waals surface area contributed by atoms with E-state index in [0.29, 0.717) is 17.9 Å². The van der Waals surface area contributed by atoms with Crippen molar-refractivity contribution in [2.24, 2.45) is 0 Å². The van der Waals surface area contributed by atoms with E-state index in [2.05, 4.69) is 0 Å². The smallest absolute Gasteiger partial charge is 0.328 e. The highest BCUT2D eigenvalue weighted by molar-refractivity contribution is 5.79. The maximum atomic E-state index is 11.8. The number of benzene rings is 1. The van der Waals surface area contributed by atoms with Crippen LogP contribution in [-0.4, -0.2) is 31.0 Å². The van der Waals surface area contributed by atoms with Crippen LogP contribution in [0.15, 0.2) is 24.3 Å². The molecule has 0 saturated carbocycles. The summed E-state index contributed by atoms with van der Waals surface area (Å²) >= 11 is 0. The second-order valence-electron chi connectivity index (χ2n) is 3.85. The fourth-order valence-electron chi connectivity index (χ4n) is 1.49. The van der Waals surface area contributed by atoms with Gasteiger partial charge in [0, 0.05) is 0 Å². The summed E-state index contributed by atoms with van der Waals surface area (Å²) in [5, 5.41) is 0. The van der Waals surface area contributed by atoms with Gasteiger partial charge in [-0.15, -0.1) is 0 Å². The molecule has 4 heteroatoms. The number of nitrogens with zero attached hydrogens (tertiary/aromatic N) is 1. The summed E-state index contributed by atoms with van der Waals surface area (Å²) in [6.07, 6.45) is 0.707. The van der Waals surface area contributed by atoms with Gasteiger partial charge in [-0.3, -0.25) is 4.90 Å². The molecule has 0 heterocycles. The highest BCUT2D eigenvalue weighted by Crippen LogP contribution is 2.20. The molecule has 1 unspecified atom stereocenters. The molecule has 1 aromatic rings. The number of nitrogen functional groups attached to an aromatic ring is 1. The first-order chi connectivity index (χ1) is 7.56. The third kappa shape index (κ3) is 2.97. The highest BCUT2D eigenvalue weighted by Gasteiger charge is 2.21. The van der Waals surface area contributed by atoms with Crippen molar-refractivity contribution in [2.75, 3.05) is 19.8 Å². The van der Waals surface area contributed by atoms with E-state index in [0.717, 1.165) is 0 Å². The Hall–Kier alpha value is -1.55. The first-order valence-corrected chi connectivity index (χ1v) is 5.29. The van der Waals surface area contributed by atoms with Crippen LogP contribution in [0.3, 0.4) is 0 Å². The van der Waals surface area contributed by atoms with Crippen LogP contribution in [-0.2, 0) is 4.79 Å². The molecule has 1 rings (SSSR count). The van der Waals surface area contributed by atoms with Crippen LogP contribution >= 0.6 is 0 Å². The number of hydrogen-bond acceptors (Lipinski definition) is 4. The summed E-state index contributed by atoms with van der Waals surface area (Å²) in [6, 6.07) is 6.75. The van der Waals surface area contributed by atoms with Gasteiger partial charge >= 0.3 is 5.97 Å². The average Bonchev–Trinajstić information content (AvgIpc) is 2.22. The van der Waals surface area contributed by atoms with Crippen LogP contribution in [0, 0.1) is 0 Å². The number of anilines is 1. The molecule has 0 aliphatic carbocycles. The molecule has 0 spiro atoms. The molecule has 0 fully saturated rings. The normalized spacial score (nSPS) is 12.5. The van der Waals surface area contributed by atoms with Crippen molar-refractivity contribution in [1.29, 1.82) is 0 Å². The van der Waals surface area contributed by atoms with Gasteiger partial charge in [-0.25, -0.2) is 4.79 Å². The molecule has 1 atom stereocenters. The molecule has 0 saturated heterocycles. The maximum absolute atomic E-state index is 11.8. The lowest BCUT2D eigenvalue weighted by Crippen LogP contribution is -2.38. The Morgan fingerprint density at radius 1 is 1.44 bits per heavy atom. The van der Waals surface area contributed by atoms with Gasteiger partial charge in [-0.2, -0.15) is 0 Å². The standard InChI is InChI=1S/C12H18N2O2/c1-4-10(14(2)3)12(15)16-11-8-6-5-7-9(11)13/h5-8,10H,4,13H2,1-3H3. The summed E-state index contributed by atoms with van der Waals surface area (Å²) in [4.78, 5) is 13.7. The minimum Gasteiger partial charge on any atom is -0.423 e. The molecule has 0 aromatic heterocycles. The number of esters is 1. The average molecular weight is 222 g/mol. The van der Waals surface area contributed by atoms with Crippen LogP contribution in [0.25, 0.3) is 0 Å². The van der Waals surface area contributed by atoms with Crippen molar-refractivity contribution in [2.45, 2.75) is 19.4 Å². The van der Waals surface area contributed by atoms with Gasteiger partial charge in [0.15, 0.2) is 5.75 Å². The van der Waals surface area contributed by atoms with Gasteiger partial charge in [0.25, 0.3) is 0 Å². The zero-order valence-corrected chi connectivity index (χ0v) is 9.93. The molecule has 16 heavy (non-hydrogen) atoms. The molecular weight excluding hydrogens is 204 g/mol. The quantitative estimate of drug-likeness (QED) is 0.476. The first kappa shape index (κ1) is 12.5. The molecule has 1 aromatic carbocycles. The van der Waals surface area contributed by atoms with E-state index in [1.165, 1.54) is 0 Å². The van der Waals surface area contributed by atoms with Gasteiger partial charge < -0.3 is 10.5 Å². The van der Waals surface area contributed by atoms with Crippen molar-refractivity contribution in [3.63, 3.8) is 0 Å². The van der Waals surface area contributed by atoms with E-state index < -0.39 is 0 Å². The largest absolute Gasteiger partial charge is 0.423 e. The molecule has 88 valence electrons. The van der Waals surface area contributed by atoms with Crippen molar-refractivity contribution in [1.82, 2.24) is 4.90 Å². The van der Waals surface area contributed by atoms with E-state index >= 15 is 0 Å². The van der Waals surface area contributed by atoms with Crippen LogP contribution in [0.4, 0.5) is 5.69 Å². The van der Waals surface area contributed by atoms with Crippen LogP contribution < -0.4 is 10.5 Å². The lowest BCUT2D eigenvalue weighted by Gasteiger charge is -2.21. The highest BCUT2D eigenvalue weighted by atomic mass is 16.5. The Labute approximate surface area is 96.0 Å². The number of nitrogens with two attached hydrogens (primary N) is 1. The Morgan fingerprint density at radius 3 is 2.56 bits per heavy atom. The van der Waals surface area contributed by atoms with Gasteiger partial charge in [-0.05, 0) is 32.6 Å². The Morgan fingerprint density at radius 2 is 2.06 bits per heavy atom. The Balaban J connectivity index is 2.74. The van der Waals surface area contributed by atoms with Crippen molar-refractivity contribution >= 4 is 11.7 Å². The number of para-hydroxylation sites is 2. The van der Waals surface area contributed by atoms with Gasteiger partial charge in [0.2, 0.25) is 0 Å². The van der Waals surface area contributed by atoms with E-state index in [4.69, 9.17) is 10.5 Å². The van der Waals surface area contributed by atoms with Crippen LogP contribution in [0.2, 0.25) is 0 Å². The van der Waals surface area contributed by atoms with Crippen LogP contribution in [0.5, 0.6) is 5.75 Å². The van der Waals surface area contributed by atoms with E-state index in [1.54, 1.807) is 24.3 Å². The summed E-state index contributed by atoms with van der Waals surface area (Å²) in [7, 11) is 3.70. The lowest BCUT2D eigenvalue weighted by molar-refractivity contribution is -0.139. The summed E-state index contributed by atoms with van der Waals surface area (Å²) in [5.41, 5.74) is 6.17. The topological polar surface area (TPSA) is 55.6 Å². The van der Waals surface area contributed by atoms with E-state index in [9.17, 15) is 4.79 Å². The van der Waals surface area contributed by atoms with E-state index in [1.807, 2.05) is 25.9 Å². The Kier molecular flexibility index (Phi) is 4.31. The molecule has 0 radical (unpaired) electrons. The van der Waals surface area contributed by atoms with Gasteiger partial charge in [0.1, 0.15) is 6.04 Å². The Bertz CT molecular complexity index is 364. The van der Waals surface area contributed by atoms with Crippen molar-refractivity contribution in [3.8, 4) is 5.75 Å². The molecule has 0 aliphatic rings. The number of hydrogen-bond donors (Lipinski definition) is 1. The number of rotatable bonds is 4. The molecular formula is C12H18N2O2. The van der Waals surface area contributed by atoms with Gasteiger partial charge in [0.05, 0.1) is 5.69 Å². The predicted molar refractivity (Wildman–Crippen MR) is 64.3 cm³/mol. The number of carbonyl (C=O) groups is 1. The summed E-state index contributed by atoms with van der Waals surface area (Å²) in [6.45, 7) is 1.94. The van der Waals surface area contributed by atoms with Crippen LogP contribution in [0.1, 0.15) is 13.3 Å². The summed E-state index contributed by atoms with van der Waals surface area (Å²) in [5.74, 6) is 0.151. The molecule has 0 amide bonds. The minimum atomic E-state index is -0.273. The molecule has 4 nitrogen and oxygen atoms in total. The predicted octanol–water partition coefficient (Wildman–Crippen LogP) is 1.51. The fraction of sp³-hybridized carbons (Fsp3) is 0.417. The second kappa shape index (κ2) is 5.51. The number of carbonyl (C=O) groups excluding carboxylic acids is 1. The fourth-order valence-corrected chi connectivity index (χ4v) is 1.49. The zero-order chi connectivity index (χ0) is 12.1. The SMILES string of the molecule is CCC(C(=O)Oc1ccccc1N)N(C)C.